The van der Waals surface area contributed by atoms with Gasteiger partial charge in [-0.05, 0) is 37.9 Å². The molecule has 22 heavy (non-hydrogen) atoms. The van der Waals surface area contributed by atoms with Gasteiger partial charge >= 0.3 is 0 Å². The lowest BCUT2D eigenvalue weighted by atomic mass is 9.99. The summed E-state index contributed by atoms with van der Waals surface area (Å²) >= 11 is 0. The Morgan fingerprint density at radius 2 is 2.14 bits per heavy atom. The maximum Gasteiger partial charge on any atom is 0.261 e. The molecule has 0 aromatic carbocycles. The number of aliphatic hydroxyl groups excluding tert-OH is 1. The molecule has 3 rings (SSSR count). The molecule has 1 aliphatic rings. The van der Waals surface area contributed by atoms with Crippen LogP contribution in [0, 0.1) is 5.92 Å². The molecule has 1 atom stereocenters. The summed E-state index contributed by atoms with van der Waals surface area (Å²) in [5.74, 6) is 0.773. The van der Waals surface area contributed by atoms with E-state index in [0.29, 0.717) is 17.4 Å². The normalized spacial score (nSPS) is 18.6. The van der Waals surface area contributed by atoms with Gasteiger partial charge in [-0.3, -0.25) is 14.3 Å². The van der Waals surface area contributed by atoms with E-state index in [1.807, 2.05) is 0 Å². The molecule has 6 nitrogen and oxygen atoms in total. The molecule has 0 radical (unpaired) electrons. The van der Waals surface area contributed by atoms with Crippen LogP contribution in [0.3, 0.4) is 0 Å². The molecule has 6 heteroatoms. The number of likely N-dealkylation sites (tertiary alicyclic amines) is 1. The highest BCUT2D eigenvalue weighted by molar-refractivity contribution is 5.75. The summed E-state index contributed by atoms with van der Waals surface area (Å²) in [4.78, 5) is 22.8. The summed E-state index contributed by atoms with van der Waals surface area (Å²) in [5.41, 5.74) is 0.460. The van der Waals surface area contributed by atoms with Gasteiger partial charge in [-0.15, -0.1) is 0 Å². The predicted molar refractivity (Wildman–Crippen MR) is 84.6 cm³/mol. The Labute approximate surface area is 129 Å². The number of hydrogen-bond acceptors (Lipinski definition) is 5. The SMILES string of the molecule is CC1CCN(C[C@@H](O)Cn2cnc3cnccc3c2=O)CC1. The fraction of sp³-hybridized carbons (Fsp3) is 0.562. The van der Waals surface area contributed by atoms with Crippen molar-refractivity contribution >= 4 is 10.9 Å². The van der Waals surface area contributed by atoms with Gasteiger partial charge < -0.3 is 10.0 Å². The van der Waals surface area contributed by atoms with Crippen LogP contribution in [0.25, 0.3) is 10.9 Å². The third kappa shape index (κ3) is 3.34. The Hall–Kier alpha value is -1.79. The zero-order chi connectivity index (χ0) is 15.5. The van der Waals surface area contributed by atoms with E-state index in [2.05, 4.69) is 21.8 Å². The first-order chi connectivity index (χ1) is 10.6. The monoisotopic (exact) mass is 302 g/mol. The molecule has 0 spiro atoms. The Balaban J connectivity index is 1.67. The summed E-state index contributed by atoms with van der Waals surface area (Å²) < 4.78 is 1.49. The van der Waals surface area contributed by atoms with E-state index in [4.69, 9.17) is 0 Å². The number of β-amino-alcohol motifs (C(OH)–C–C–N with tert-alkyl or cyclic N) is 1. The fourth-order valence-corrected chi connectivity index (χ4v) is 2.97. The minimum absolute atomic E-state index is 0.126. The van der Waals surface area contributed by atoms with Gasteiger partial charge in [0.1, 0.15) is 0 Å². The molecule has 1 aliphatic heterocycles. The maximum absolute atomic E-state index is 12.4. The molecule has 118 valence electrons. The molecular formula is C16H22N4O2. The van der Waals surface area contributed by atoms with Crippen molar-refractivity contribution in [2.45, 2.75) is 32.4 Å². The highest BCUT2D eigenvalue weighted by Crippen LogP contribution is 2.16. The quantitative estimate of drug-likeness (QED) is 0.908. The number of pyridine rings is 1. The summed E-state index contributed by atoms with van der Waals surface area (Å²) in [6.45, 7) is 5.19. The van der Waals surface area contributed by atoms with Gasteiger partial charge in [0, 0.05) is 12.7 Å². The molecule has 2 aromatic heterocycles. The molecule has 0 amide bonds. The van der Waals surface area contributed by atoms with Crippen LogP contribution in [-0.2, 0) is 6.54 Å². The summed E-state index contributed by atoms with van der Waals surface area (Å²) in [6, 6.07) is 1.67. The lowest BCUT2D eigenvalue weighted by Gasteiger charge is -2.31. The minimum Gasteiger partial charge on any atom is -0.390 e. The molecule has 1 saturated heterocycles. The van der Waals surface area contributed by atoms with Gasteiger partial charge in [0.25, 0.3) is 5.56 Å². The minimum atomic E-state index is -0.563. The molecule has 0 bridgehead atoms. The Morgan fingerprint density at radius 3 is 2.91 bits per heavy atom. The van der Waals surface area contributed by atoms with Crippen molar-refractivity contribution < 1.29 is 5.11 Å². The Kier molecular flexibility index (Phi) is 4.49. The number of aromatic nitrogens is 3. The van der Waals surface area contributed by atoms with Crippen LogP contribution >= 0.6 is 0 Å². The second-order valence-corrected chi connectivity index (χ2v) is 6.23. The summed E-state index contributed by atoms with van der Waals surface area (Å²) in [5, 5.41) is 10.8. The molecule has 0 aliphatic carbocycles. The van der Waals surface area contributed by atoms with Gasteiger partial charge in [0.05, 0.1) is 36.1 Å². The van der Waals surface area contributed by atoms with Crippen LogP contribution in [0.1, 0.15) is 19.8 Å². The lowest BCUT2D eigenvalue weighted by Crippen LogP contribution is -2.40. The molecule has 0 unspecified atom stereocenters. The second-order valence-electron chi connectivity index (χ2n) is 6.23. The van der Waals surface area contributed by atoms with Crippen molar-refractivity contribution in [3.8, 4) is 0 Å². The van der Waals surface area contributed by atoms with Crippen LogP contribution in [0.15, 0.2) is 29.6 Å². The largest absolute Gasteiger partial charge is 0.390 e. The number of fused-ring (bicyclic) bond motifs is 1. The highest BCUT2D eigenvalue weighted by Gasteiger charge is 2.19. The molecule has 0 saturated carbocycles. The van der Waals surface area contributed by atoms with E-state index in [0.717, 1.165) is 19.0 Å². The maximum atomic E-state index is 12.4. The number of hydrogen-bond donors (Lipinski definition) is 1. The van der Waals surface area contributed by atoms with Crippen molar-refractivity contribution in [2.75, 3.05) is 19.6 Å². The average molecular weight is 302 g/mol. The topological polar surface area (TPSA) is 71.2 Å². The third-order valence-corrected chi connectivity index (χ3v) is 4.38. The smallest absolute Gasteiger partial charge is 0.261 e. The van der Waals surface area contributed by atoms with Crippen LogP contribution < -0.4 is 5.56 Å². The van der Waals surface area contributed by atoms with Gasteiger partial charge in [-0.25, -0.2) is 4.98 Å². The number of rotatable bonds is 4. The number of piperidine rings is 1. The van der Waals surface area contributed by atoms with Crippen molar-refractivity contribution in [3.63, 3.8) is 0 Å². The van der Waals surface area contributed by atoms with Crippen molar-refractivity contribution in [1.82, 2.24) is 19.4 Å². The van der Waals surface area contributed by atoms with E-state index >= 15 is 0 Å². The predicted octanol–water partition coefficient (Wildman–Crippen LogP) is 0.884. The zero-order valence-electron chi connectivity index (χ0n) is 12.9. The first-order valence-corrected chi connectivity index (χ1v) is 7.83. The average Bonchev–Trinajstić information content (AvgIpc) is 2.53. The van der Waals surface area contributed by atoms with Crippen LogP contribution in [0.4, 0.5) is 0 Å². The molecular weight excluding hydrogens is 280 g/mol. The number of aliphatic hydroxyl groups is 1. The zero-order valence-corrected chi connectivity index (χ0v) is 12.9. The van der Waals surface area contributed by atoms with Gasteiger partial charge in [0.2, 0.25) is 0 Å². The second kappa shape index (κ2) is 6.54. The van der Waals surface area contributed by atoms with E-state index in [-0.39, 0.29) is 12.1 Å². The summed E-state index contributed by atoms with van der Waals surface area (Å²) in [7, 11) is 0. The van der Waals surface area contributed by atoms with Gasteiger partial charge in [-0.1, -0.05) is 6.92 Å². The lowest BCUT2D eigenvalue weighted by molar-refractivity contribution is 0.0794. The Morgan fingerprint density at radius 1 is 1.36 bits per heavy atom. The van der Waals surface area contributed by atoms with Gasteiger partial charge in [0.15, 0.2) is 0 Å². The molecule has 3 heterocycles. The third-order valence-electron chi connectivity index (χ3n) is 4.38. The Bertz CT molecular complexity index is 692. The van der Waals surface area contributed by atoms with Crippen LogP contribution in [-0.4, -0.2) is 50.3 Å². The molecule has 1 N–H and O–H groups in total. The van der Waals surface area contributed by atoms with Crippen molar-refractivity contribution in [1.29, 1.82) is 0 Å². The van der Waals surface area contributed by atoms with Crippen molar-refractivity contribution in [3.05, 3.63) is 35.1 Å². The van der Waals surface area contributed by atoms with Crippen LogP contribution in [0.2, 0.25) is 0 Å². The van der Waals surface area contributed by atoms with Crippen LogP contribution in [0.5, 0.6) is 0 Å². The highest BCUT2D eigenvalue weighted by atomic mass is 16.3. The fourth-order valence-electron chi connectivity index (χ4n) is 2.97. The van der Waals surface area contributed by atoms with E-state index in [1.165, 1.54) is 23.7 Å². The summed E-state index contributed by atoms with van der Waals surface area (Å²) in [6.07, 6.45) is 6.45. The van der Waals surface area contributed by atoms with E-state index < -0.39 is 6.10 Å². The number of nitrogens with zero attached hydrogens (tertiary/aromatic N) is 4. The molecule has 2 aromatic rings. The standard InChI is InChI=1S/C16H22N4O2/c1-12-3-6-19(7-4-12)9-13(21)10-20-11-18-15-8-17-5-2-14(15)16(20)22/h2,5,8,11-13,21H,3-4,6-7,9-10H2,1H3/t13-/m1/s1. The molecule has 1 fully saturated rings. The van der Waals surface area contributed by atoms with Gasteiger partial charge in [-0.2, -0.15) is 0 Å². The first-order valence-electron chi connectivity index (χ1n) is 7.83. The van der Waals surface area contributed by atoms with E-state index in [9.17, 15) is 9.90 Å². The van der Waals surface area contributed by atoms with E-state index in [1.54, 1.807) is 18.5 Å². The van der Waals surface area contributed by atoms with Crippen molar-refractivity contribution in [2.24, 2.45) is 5.92 Å². The first kappa shape index (κ1) is 15.1.